The molecule has 1 heterocycles. The number of carbonyl (C=O) groups excluding carboxylic acids is 1. The maximum Gasteiger partial charge on any atom is 0.241 e. The number of nitrogens with two attached hydrogens (primary N) is 1. The number of carbonyl (C=O) groups is 1. The van der Waals surface area contributed by atoms with Gasteiger partial charge in [-0.15, -0.1) is 0 Å². The van der Waals surface area contributed by atoms with Crippen molar-refractivity contribution in [3.63, 3.8) is 0 Å². The van der Waals surface area contributed by atoms with Crippen molar-refractivity contribution in [3.8, 4) is 0 Å². The highest BCUT2D eigenvalue weighted by molar-refractivity contribution is 5.91. The van der Waals surface area contributed by atoms with Crippen molar-refractivity contribution in [2.24, 2.45) is 5.73 Å². The standard InChI is InChI=1S/C15H18N4O/c1-9(2)17-10(3)15-18-12-6-4-11(5-7-14(16)20)8-13(12)19-15/h4-8,10,17H,1H2,2-3H3,(H2,16,20)(H,18,19)/b7-5+/t10-/m1/s1. The lowest BCUT2D eigenvalue weighted by Crippen LogP contribution is -2.16. The van der Waals surface area contributed by atoms with Gasteiger partial charge in [-0.1, -0.05) is 12.6 Å². The van der Waals surface area contributed by atoms with E-state index in [1.54, 1.807) is 6.08 Å². The summed E-state index contributed by atoms with van der Waals surface area (Å²) in [6, 6.07) is 5.79. The fourth-order valence-corrected chi connectivity index (χ4v) is 1.97. The molecule has 0 aliphatic carbocycles. The third-order valence-electron chi connectivity index (χ3n) is 2.84. The molecule has 0 bridgehead atoms. The van der Waals surface area contributed by atoms with Gasteiger partial charge < -0.3 is 16.0 Å². The quantitative estimate of drug-likeness (QED) is 0.728. The Balaban J connectivity index is 2.30. The first-order chi connectivity index (χ1) is 9.45. The summed E-state index contributed by atoms with van der Waals surface area (Å²) in [6.07, 6.45) is 3.02. The minimum absolute atomic E-state index is 0.0597. The molecule has 1 aromatic heterocycles. The van der Waals surface area contributed by atoms with Crippen molar-refractivity contribution >= 4 is 23.0 Å². The highest BCUT2D eigenvalue weighted by atomic mass is 16.1. The van der Waals surface area contributed by atoms with E-state index < -0.39 is 5.91 Å². The van der Waals surface area contributed by atoms with Crippen LogP contribution in [-0.2, 0) is 4.79 Å². The molecule has 0 saturated heterocycles. The SMILES string of the molecule is C=C(C)N[C@H](C)c1nc2ccc(/C=C/C(N)=O)cc2[nH]1. The minimum Gasteiger partial charge on any atom is -0.379 e. The Morgan fingerprint density at radius 2 is 2.30 bits per heavy atom. The Morgan fingerprint density at radius 3 is 2.95 bits per heavy atom. The van der Waals surface area contributed by atoms with Gasteiger partial charge in [0.1, 0.15) is 5.82 Å². The second-order valence-electron chi connectivity index (χ2n) is 4.78. The van der Waals surface area contributed by atoms with Crippen LogP contribution in [0.15, 0.2) is 36.6 Å². The summed E-state index contributed by atoms with van der Waals surface area (Å²) in [5.74, 6) is 0.383. The highest BCUT2D eigenvalue weighted by Gasteiger charge is 2.10. The number of allylic oxidation sites excluding steroid dienone is 1. The van der Waals surface area contributed by atoms with Gasteiger partial charge in [-0.2, -0.15) is 0 Å². The molecule has 0 fully saturated rings. The van der Waals surface area contributed by atoms with Gasteiger partial charge in [-0.3, -0.25) is 4.79 Å². The number of imidazole rings is 1. The number of benzene rings is 1. The predicted octanol–water partition coefficient (Wildman–Crippen LogP) is 2.25. The number of nitrogens with one attached hydrogen (secondary N) is 2. The highest BCUT2D eigenvalue weighted by Crippen LogP contribution is 2.18. The van der Waals surface area contributed by atoms with Crippen LogP contribution in [0.1, 0.15) is 31.3 Å². The molecule has 4 N–H and O–H groups in total. The Kier molecular flexibility index (Phi) is 3.89. The van der Waals surface area contributed by atoms with E-state index in [1.165, 1.54) is 6.08 Å². The number of primary amides is 1. The zero-order valence-electron chi connectivity index (χ0n) is 11.6. The zero-order chi connectivity index (χ0) is 14.7. The van der Waals surface area contributed by atoms with Crippen molar-refractivity contribution in [2.45, 2.75) is 19.9 Å². The Labute approximate surface area is 117 Å². The molecule has 104 valence electrons. The van der Waals surface area contributed by atoms with Crippen LogP contribution in [0.3, 0.4) is 0 Å². The second-order valence-corrected chi connectivity index (χ2v) is 4.78. The molecule has 20 heavy (non-hydrogen) atoms. The predicted molar refractivity (Wildman–Crippen MR) is 80.7 cm³/mol. The average molecular weight is 270 g/mol. The van der Waals surface area contributed by atoms with Crippen molar-refractivity contribution in [1.29, 1.82) is 0 Å². The van der Waals surface area contributed by atoms with Gasteiger partial charge >= 0.3 is 0 Å². The summed E-state index contributed by atoms with van der Waals surface area (Å²) in [5, 5.41) is 3.21. The molecule has 1 aromatic carbocycles. The van der Waals surface area contributed by atoms with Crippen molar-refractivity contribution in [2.75, 3.05) is 0 Å². The number of hydrogen-bond acceptors (Lipinski definition) is 3. The van der Waals surface area contributed by atoms with Crippen LogP contribution >= 0.6 is 0 Å². The van der Waals surface area contributed by atoms with Crippen LogP contribution in [0, 0.1) is 0 Å². The Hall–Kier alpha value is -2.56. The molecular formula is C15H18N4O. The molecule has 1 atom stereocenters. The third kappa shape index (κ3) is 3.26. The first kappa shape index (κ1) is 13.9. The summed E-state index contributed by atoms with van der Waals surface area (Å²) >= 11 is 0. The number of hydrogen-bond donors (Lipinski definition) is 3. The molecule has 0 saturated carbocycles. The summed E-state index contributed by atoms with van der Waals surface area (Å²) in [6.45, 7) is 7.75. The molecule has 0 aliphatic rings. The van der Waals surface area contributed by atoms with E-state index in [2.05, 4.69) is 21.9 Å². The fourth-order valence-electron chi connectivity index (χ4n) is 1.97. The lowest BCUT2D eigenvalue weighted by molar-refractivity contribution is -0.113. The van der Waals surface area contributed by atoms with E-state index in [0.29, 0.717) is 0 Å². The number of aromatic nitrogens is 2. The van der Waals surface area contributed by atoms with Crippen molar-refractivity contribution in [1.82, 2.24) is 15.3 Å². The smallest absolute Gasteiger partial charge is 0.241 e. The number of aromatic amines is 1. The van der Waals surface area contributed by atoms with Crippen LogP contribution < -0.4 is 11.1 Å². The molecule has 2 aromatic rings. The monoisotopic (exact) mass is 270 g/mol. The molecule has 5 nitrogen and oxygen atoms in total. The van der Waals surface area contributed by atoms with Gasteiger partial charge in [0, 0.05) is 11.8 Å². The number of nitrogens with zero attached hydrogens (tertiary/aromatic N) is 1. The molecule has 1 amide bonds. The van der Waals surface area contributed by atoms with Crippen LogP contribution in [0.5, 0.6) is 0 Å². The van der Waals surface area contributed by atoms with E-state index in [0.717, 1.165) is 28.1 Å². The minimum atomic E-state index is -0.463. The van der Waals surface area contributed by atoms with Crippen molar-refractivity contribution in [3.05, 3.63) is 47.9 Å². The van der Waals surface area contributed by atoms with E-state index in [-0.39, 0.29) is 6.04 Å². The average Bonchev–Trinajstić information content (AvgIpc) is 2.78. The molecule has 0 radical (unpaired) electrons. The molecule has 0 aliphatic heterocycles. The van der Waals surface area contributed by atoms with Gasteiger partial charge in [0.25, 0.3) is 0 Å². The largest absolute Gasteiger partial charge is 0.379 e. The maximum atomic E-state index is 10.7. The summed E-state index contributed by atoms with van der Waals surface area (Å²) in [4.78, 5) is 18.5. The summed E-state index contributed by atoms with van der Waals surface area (Å²) < 4.78 is 0. The number of amides is 1. The number of rotatable bonds is 5. The fraction of sp³-hybridized carbons (Fsp3) is 0.200. The first-order valence-corrected chi connectivity index (χ1v) is 6.35. The lowest BCUT2D eigenvalue weighted by Gasteiger charge is -2.11. The molecule has 0 unspecified atom stereocenters. The Morgan fingerprint density at radius 1 is 1.55 bits per heavy atom. The van der Waals surface area contributed by atoms with Crippen LogP contribution in [-0.4, -0.2) is 15.9 Å². The summed E-state index contributed by atoms with van der Waals surface area (Å²) in [7, 11) is 0. The maximum absolute atomic E-state index is 10.7. The van der Waals surface area contributed by atoms with Gasteiger partial charge in [-0.05, 0) is 37.6 Å². The normalized spacial score (nSPS) is 12.7. The molecule has 2 rings (SSSR count). The van der Waals surface area contributed by atoms with E-state index in [9.17, 15) is 4.79 Å². The second kappa shape index (κ2) is 5.61. The Bertz CT molecular complexity index is 684. The van der Waals surface area contributed by atoms with Gasteiger partial charge in [0.15, 0.2) is 0 Å². The lowest BCUT2D eigenvalue weighted by atomic mass is 10.2. The number of H-pyrrole nitrogens is 1. The first-order valence-electron chi connectivity index (χ1n) is 6.35. The van der Waals surface area contributed by atoms with Gasteiger partial charge in [0.2, 0.25) is 5.91 Å². The molecular weight excluding hydrogens is 252 g/mol. The zero-order valence-corrected chi connectivity index (χ0v) is 11.6. The van der Waals surface area contributed by atoms with Crippen LogP contribution in [0.2, 0.25) is 0 Å². The van der Waals surface area contributed by atoms with E-state index in [4.69, 9.17) is 5.73 Å². The van der Waals surface area contributed by atoms with E-state index in [1.807, 2.05) is 32.0 Å². The molecule has 0 spiro atoms. The van der Waals surface area contributed by atoms with E-state index >= 15 is 0 Å². The topological polar surface area (TPSA) is 83.8 Å². The van der Waals surface area contributed by atoms with Gasteiger partial charge in [-0.25, -0.2) is 4.98 Å². The van der Waals surface area contributed by atoms with Crippen LogP contribution in [0.4, 0.5) is 0 Å². The summed E-state index contributed by atoms with van der Waals surface area (Å²) in [5.41, 5.74) is 8.67. The number of fused-ring (bicyclic) bond motifs is 1. The molecule has 5 heteroatoms. The van der Waals surface area contributed by atoms with Crippen molar-refractivity contribution < 1.29 is 4.79 Å². The van der Waals surface area contributed by atoms with Gasteiger partial charge in [0.05, 0.1) is 17.1 Å². The third-order valence-corrected chi connectivity index (χ3v) is 2.84. The van der Waals surface area contributed by atoms with Crippen LogP contribution in [0.25, 0.3) is 17.1 Å².